The van der Waals surface area contributed by atoms with Crippen molar-refractivity contribution >= 4 is 56.4 Å². The quantitative estimate of drug-likeness (QED) is 0.133. The number of nitrogens with two attached hydrogens (primary N) is 1. The van der Waals surface area contributed by atoms with Crippen molar-refractivity contribution in [3.8, 4) is 34.1 Å². The number of carbonyl (C=O) groups is 3. The Kier molecular flexibility index (Phi) is 10.4. The molecule has 3 aliphatic heterocycles. The number of hydrogen-bond donors (Lipinski definition) is 2. The van der Waals surface area contributed by atoms with Gasteiger partial charge in [-0.25, -0.2) is 19.7 Å². The van der Waals surface area contributed by atoms with Gasteiger partial charge in [-0.3, -0.25) is 14.4 Å². The third-order valence-electron chi connectivity index (χ3n) is 11.9. The van der Waals surface area contributed by atoms with Gasteiger partial charge < -0.3 is 34.7 Å². The highest BCUT2D eigenvalue weighted by molar-refractivity contribution is 7.20. The number of likely N-dealkylation sites (tertiary alicyclic amines) is 1. The monoisotopic (exact) mass is 827 g/mol. The van der Waals surface area contributed by atoms with E-state index in [9.17, 15) is 19.2 Å². The van der Waals surface area contributed by atoms with Gasteiger partial charge in [0.15, 0.2) is 0 Å². The summed E-state index contributed by atoms with van der Waals surface area (Å²) in [4.78, 5) is 69.0. The number of rotatable bonds is 10. The SMILES string of the molecule is CCNC(=O)c1cc2c(-c3cccc(OCCC4CCN(C(=O)Oc5ccc6nc7c(c(CC)c6c5)Cn5c-7cc6c(c5=O)COC(=O)[C@H]6CC)CC4)c3)nc(N)nc2s1. The molecule has 1 atom stereocenters. The molecule has 14 nitrogen and oxygen atoms in total. The van der Waals surface area contributed by atoms with Gasteiger partial charge in [0, 0.05) is 41.5 Å². The van der Waals surface area contributed by atoms with Crippen molar-refractivity contribution in [2.45, 2.75) is 71.9 Å². The summed E-state index contributed by atoms with van der Waals surface area (Å²) in [5.74, 6) is 0.751. The molecule has 3 N–H and O–H groups in total. The van der Waals surface area contributed by atoms with E-state index in [1.165, 1.54) is 11.3 Å². The number of hydrogen-bond acceptors (Lipinski definition) is 12. The molecule has 3 aliphatic rings. The first kappa shape index (κ1) is 39.1. The minimum absolute atomic E-state index is 0.0144. The predicted octanol–water partition coefficient (Wildman–Crippen LogP) is 7.22. The topological polar surface area (TPSA) is 181 Å². The van der Waals surface area contributed by atoms with E-state index in [0.29, 0.717) is 84.0 Å². The number of nitrogen functional groups attached to an aromatic ring is 1. The molecule has 0 aliphatic carbocycles. The standard InChI is InChI=1S/C45H45N7O7S/c1-4-28-31-19-27(10-11-35(31)48-39-33(28)22-52-36(39)20-30-29(5-2)43(55)58-23-34(30)42(52)54)59-45(56)51-15-12-24(13-16-51)14-17-57-26-9-7-8-25(18-26)38-32-21-37(40(53)47-6-3)60-41(32)50-44(46)49-38/h7-11,18-21,24,29H,4-6,12-17,22-23H2,1-3H3,(H,47,53)(H2,46,49,50)/t29-/m0/s1. The lowest BCUT2D eigenvalue weighted by Gasteiger charge is -2.31. The Morgan fingerprint density at radius 2 is 1.78 bits per heavy atom. The summed E-state index contributed by atoms with van der Waals surface area (Å²) in [6.07, 6.45) is 3.36. The molecule has 0 unspecified atom stereocenters. The van der Waals surface area contributed by atoms with Crippen LogP contribution in [0.1, 0.15) is 84.3 Å². The van der Waals surface area contributed by atoms with E-state index in [2.05, 4.69) is 22.2 Å². The second-order valence-corrected chi connectivity index (χ2v) is 16.5. The first-order chi connectivity index (χ1) is 29.1. The number of carbonyl (C=O) groups excluding carboxylic acids is 3. The number of benzene rings is 2. The highest BCUT2D eigenvalue weighted by atomic mass is 32.1. The summed E-state index contributed by atoms with van der Waals surface area (Å²) < 4.78 is 19.2. The van der Waals surface area contributed by atoms with Crippen LogP contribution < -0.4 is 26.1 Å². The van der Waals surface area contributed by atoms with Crippen molar-refractivity contribution in [2.24, 2.45) is 5.92 Å². The summed E-state index contributed by atoms with van der Waals surface area (Å²) in [6, 6.07) is 16.9. The second-order valence-electron chi connectivity index (χ2n) is 15.5. The van der Waals surface area contributed by atoms with E-state index in [4.69, 9.17) is 24.9 Å². The van der Waals surface area contributed by atoms with E-state index in [1.807, 2.05) is 56.3 Å². The maximum absolute atomic E-state index is 13.7. The number of aryl methyl sites for hydroxylation is 1. The van der Waals surface area contributed by atoms with Crippen LogP contribution >= 0.6 is 11.3 Å². The number of nitrogens with one attached hydrogen (secondary N) is 1. The molecular formula is C45H45N7O7S. The fourth-order valence-corrected chi connectivity index (χ4v) is 9.75. The Labute approximate surface area is 349 Å². The zero-order valence-corrected chi connectivity index (χ0v) is 34.5. The number of pyridine rings is 2. The summed E-state index contributed by atoms with van der Waals surface area (Å²) in [5.41, 5.74) is 12.9. The van der Waals surface area contributed by atoms with Crippen LogP contribution in [0.5, 0.6) is 11.5 Å². The molecule has 0 saturated carbocycles. The molecule has 15 heteroatoms. The number of thiophene rings is 1. The first-order valence-corrected chi connectivity index (χ1v) is 21.4. The van der Waals surface area contributed by atoms with E-state index in [-0.39, 0.29) is 36.1 Å². The number of esters is 1. The van der Waals surface area contributed by atoms with Crippen molar-refractivity contribution in [3.63, 3.8) is 0 Å². The summed E-state index contributed by atoms with van der Waals surface area (Å²) >= 11 is 1.28. The Morgan fingerprint density at radius 1 is 0.950 bits per heavy atom. The molecule has 60 heavy (non-hydrogen) atoms. The molecule has 0 bridgehead atoms. The molecule has 308 valence electrons. The fourth-order valence-electron chi connectivity index (χ4n) is 8.79. The number of aromatic nitrogens is 4. The molecule has 6 aromatic rings. The zero-order valence-electron chi connectivity index (χ0n) is 33.7. The number of piperidine rings is 1. The Balaban J connectivity index is 0.824. The van der Waals surface area contributed by atoms with Crippen LogP contribution in [-0.2, 0) is 29.1 Å². The Bertz CT molecular complexity index is 2770. The molecule has 4 aromatic heterocycles. The zero-order chi connectivity index (χ0) is 41.7. The van der Waals surface area contributed by atoms with Crippen molar-refractivity contribution in [3.05, 3.63) is 92.1 Å². The van der Waals surface area contributed by atoms with Gasteiger partial charge in [-0.15, -0.1) is 11.3 Å². The second kappa shape index (κ2) is 16.0. The van der Waals surface area contributed by atoms with E-state index in [1.54, 1.807) is 21.6 Å². The molecule has 0 radical (unpaired) electrons. The average molecular weight is 828 g/mol. The van der Waals surface area contributed by atoms with Gasteiger partial charge >= 0.3 is 12.1 Å². The number of fused-ring (bicyclic) bond motifs is 6. The number of anilines is 1. The van der Waals surface area contributed by atoms with Crippen molar-refractivity contribution in [1.82, 2.24) is 29.7 Å². The minimum Gasteiger partial charge on any atom is -0.494 e. The molecule has 0 spiro atoms. The normalized spacial score (nSPS) is 16.0. The Hall–Kier alpha value is -6.35. The van der Waals surface area contributed by atoms with E-state index in [0.717, 1.165) is 69.2 Å². The van der Waals surface area contributed by atoms with Crippen LogP contribution in [0.25, 0.3) is 43.8 Å². The largest absolute Gasteiger partial charge is 0.494 e. The van der Waals surface area contributed by atoms with Crippen LogP contribution in [0, 0.1) is 5.92 Å². The van der Waals surface area contributed by atoms with Crippen LogP contribution in [0.15, 0.2) is 59.4 Å². The van der Waals surface area contributed by atoms with Crippen LogP contribution in [0.2, 0.25) is 0 Å². The number of nitrogens with zero attached hydrogens (tertiary/aromatic N) is 5. The molecule has 9 rings (SSSR count). The van der Waals surface area contributed by atoms with Gasteiger partial charge in [0.2, 0.25) is 5.95 Å². The van der Waals surface area contributed by atoms with E-state index >= 15 is 0 Å². The van der Waals surface area contributed by atoms with Crippen molar-refractivity contribution in [2.75, 3.05) is 32.0 Å². The van der Waals surface area contributed by atoms with E-state index < -0.39 is 5.92 Å². The molecule has 1 saturated heterocycles. The van der Waals surface area contributed by atoms with Gasteiger partial charge in [0.25, 0.3) is 11.5 Å². The van der Waals surface area contributed by atoms with Crippen LogP contribution in [0.4, 0.5) is 10.7 Å². The van der Waals surface area contributed by atoms with Crippen LogP contribution in [-0.4, -0.2) is 68.6 Å². The lowest BCUT2D eigenvalue weighted by molar-refractivity contribution is -0.148. The maximum Gasteiger partial charge on any atom is 0.415 e. The highest BCUT2D eigenvalue weighted by Gasteiger charge is 2.35. The third kappa shape index (κ3) is 7.10. The summed E-state index contributed by atoms with van der Waals surface area (Å²) in [6.45, 7) is 8.44. The van der Waals surface area contributed by atoms with Gasteiger partial charge in [0.1, 0.15) is 22.9 Å². The van der Waals surface area contributed by atoms with Gasteiger partial charge in [-0.1, -0.05) is 26.0 Å². The summed E-state index contributed by atoms with van der Waals surface area (Å²) in [7, 11) is 0. The van der Waals surface area contributed by atoms with Crippen molar-refractivity contribution in [1.29, 1.82) is 0 Å². The average Bonchev–Trinajstić information content (AvgIpc) is 3.85. The first-order valence-electron chi connectivity index (χ1n) is 20.6. The highest BCUT2D eigenvalue weighted by Crippen LogP contribution is 2.40. The van der Waals surface area contributed by atoms with Gasteiger partial charge in [-0.2, -0.15) is 0 Å². The third-order valence-corrected chi connectivity index (χ3v) is 12.9. The fraction of sp³-hybridized carbons (Fsp3) is 0.356. The molecule has 7 heterocycles. The predicted molar refractivity (Wildman–Crippen MR) is 228 cm³/mol. The number of amides is 2. The lowest BCUT2D eigenvalue weighted by atomic mass is 9.90. The molecule has 2 aromatic carbocycles. The molecule has 1 fully saturated rings. The Morgan fingerprint density at radius 3 is 2.57 bits per heavy atom. The minimum atomic E-state index is -0.468. The summed E-state index contributed by atoms with van der Waals surface area (Å²) in [5, 5.41) is 4.47. The van der Waals surface area contributed by atoms with Crippen LogP contribution in [0.3, 0.4) is 0 Å². The van der Waals surface area contributed by atoms with Gasteiger partial charge in [0.05, 0.1) is 52.1 Å². The molecule has 2 amide bonds. The smallest absolute Gasteiger partial charge is 0.415 e. The number of cyclic esters (lactones) is 1. The number of ether oxygens (including phenoxy) is 3. The molecular weight excluding hydrogens is 783 g/mol. The maximum atomic E-state index is 13.7. The van der Waals surface area contributed by atoms with Crippen molar-refractivity contribution < 1.29 is 28.6 Å². The lowest BCUT2D eigenvalue weighted by Crippen LogP contribution is -2.40. The van der Waals surface area contributed by atoms with Gasteiger partial charge in [-0.05, 0) is 98.5 Å².